The molecule has 1 heterocycles. The van der Waals surface area contributed by atoms with Gasteiger partial charge in [0, 0.05) is 5.56 Å². The normalized spacial score (nSPS) is 11.0. The van der Waals surface area contributed by atoms with Crippen LogP contribution < -0.4 is 10.2 Å². The predicted molar refractivity (Wildman–Crippen MR) is 99.1 cm³/mol. The maximum atomic E-state index is 12.0. The summed E-state index contributed by atoms with van der Waals surface area (Å²) in [6, 6.07) is 15.6. The summed E-state index contributed by atoms with van der Waals surface area (Å²) >= 11 is 1.38. The van der Waals surface area contributed by atoms with E-state index in [-0.39, 0.29) is 5.91 Å². The summed E-state index contributed by atoms with van der Waals surface area (Å²) < 4.78 is 5.82. The van der Waals surface area contributed by atoms with E-state index in [9.17, 15) is 4.79 Å². The van der Waals surface area contributed by atoms with Crippen LogP contribution in [0.2, 0.25) is 0 Å². The van der Waals surface area contributed by atoms with E-state index in [0.29, 0.717) is 11.5 Å². The zero-order valence-corrected chi connectivity index (χ0v) is 14.2. The van der Waals surface area contributed by atoms with Crippen molar-refractivity contribution >= 4 is 34.2 Å². The Balaban J connectivity index is 1.88. The van der Waals surface area contributed by atoms with Gasteiger partial charge in [0.2, 0.25) is 0 Å². The molecule has 0 saturated carbocycles. The molecule has 2 aromatic carbocycles. The molecule has 0 aliphatic heterocycles. The Morgan fingerprint density at radius 2 is 2.08 bits per heavy atom. The van der Waals surface area contributed by atoms with Crippen molar-refractivity contribution in [2.24, 2.45) is 5.10 Å². The smallest absolute Gasteiger partial charge is 0.281 e. The average molecular weight is 338 g/mol. The van der Waals surface area contributed by atoms with Crippen molar-refractivity contribution in [1.82, 2.24) is 5.43 Å². The van der Waals surface area contributed by atoms with Crippen LogP contribution >= 0.6 is 11.3 Å². The van der Waals surface area contributed by atoms with Gasteiger partial charge < -0.3 is 4.74 Å². The number of hydrazone groups is 1. The van der Waals surface area contributed by atoms with Gasteiger partial charge in [0.25, 0.3) is 5.91 Å². The molecule has 0 fully saturated rings. The van der Waals surface area contributed by atoms with Gasteiger partial charge in [-0.25, -0.2) is 5.43 Å². The number of nitrogens with one attached hydrogen (secondary N) is 1. The second-order valence-corrected chi connectivity index (χ2v) is 6.17. The molecule has 24 heavy (non-hydrogen) atoms. The van der Waals surface area contributed by atoms with Gasteiger partial charge in [-0.15, -0.1) is 11.3 Å². The quantitative estimate of drug-likeness (QED) is 0.533. The minimum atomic E-state index is -0.211. The number of fused-ring (bicyclic) bond motifs is 1. The lowest BCUT2D eigenvalue weighted by molar-refractivity contribution is 0.0959. The number of hydrogen-bond donors (Lipinski definition) is 1. The summed E-state index contributed by atoms with van der Waals surface area (Å²) in [5.74, 6) is 0.558. The summed E-state index contributed by atoms with van der Waals surface area (Å²) in [7, 11) is 0. The second-order valence-electron chi connectivity index (χ2n) is 5.22. The third-order valence-electron chi connectivity index (χ3n) is 3.50. The van der Waals surface area contributed by atoms with Crippen molar-refractivity contribution in [3.05, 3.63) is 64.4 Å². The molecule has 0 radical (unpaired) electrons. The van der Waals surface area contributed by atoms with E-state index >= 15 is 0 Å². The highest BCUT2D eigenvalue weighted by atomic mass is 32.1. The number of hydrogen-bond acceptors (Lipinski definition) is 4. The Labute approximate surface area is 144 Å². The van der Waals surface area contributed by atoms with Gasteiger partial charge in [-0.1, -0.05) is 43.3 Å². The molecule has 4 nitrogen and oxygen atoms in total. The topological polar surface area (TPSA) is 50.7 Å². The monoisotopic (exact) mass is 338 g/mol. The Kier molecular flexibility index (Phi) is 5.23. The molecule has 0 unspecified atom stereocenters. The van der Waals surface area contributed by atoms with Crippen LogP contribution in [0.15, 0.2) is 59.0 Å². The van der Waals surface area contributed by atoms with Gasteiger partial charge in [0.15, 0.2) is 0 Å². The van der Waals surface area contributed by atoms with Crippen molar-refractivity contribution in [3.8, 4) is 5.75 Å². The molecule has 1 N–H and O–H groups in total. The van der Waals surface area contributed by atoms with Crippen LogP contribution in [0.1, 0.15) is 28.6 Å². The molecule has 0 atom stereocenters. The van der Waals surface area contributed by atoms with Gasteiger partial charge in [-0.3, -0.25) is 4.79 Å². The molecule has 1 aromatic heterocycles. The average Bonchev–Trinajstić information content (AvgIpc) is 3.15. The maximum absolute atomic E-state index is 12.0. The van der Waals surface area contributed by atoms with E-state index in [2.05, 4.69) is 17.5 Å². The fraction of sp³-hybridized carbons (Fsp3) is 0.158. The summed E-state index contributed by atoms with van der Waals surface area (Å²) in [6.07, 6.45) is 2.58. The standard InChI is InChI=1S/C19H18N2O2S/c1-2-11-23-17-10-9-14-6-3-4-7-15(14)16(17)13-20-21-19(22)18-8-5-12-24-18/h3-10,12-13H,2,11H2,1H3,(H,21,22)/b20-13-. The lowest BCUT2D eigenvalue weighted by atomic mass is 10.0. The van der Waals surface area contributed by atoms with Crippen LogP contribution in [-0.4, -0.2) is 18.7 Å². The van der Waals surface area contributed by atoms with Gasteiger partial charge in [-0.05, 0) is 34.7 Å². The first kappa shape index (κ1) is 16.2. The van der Waals surface area contributed by atoms with Gasteiger partial charge in [0.1, 0.15) is 5.75 Å². The second kappa shape index (κ2) is 7.75. The Morgan fingerprint density at radius 3 is 2.88 bits per heavy atom. The Morgan fingerprint density at radius 1 is 1.21 bits per heavy atom. The molecular weight excluding hydrogens is 320 g/mol. The van der Waals surface area contributed by atoms with E-state index in [4.69, 9.17) is 4.74 Å². The van der Waals surface area contributed by atoms with Crippen LogP contribution in [0, 0.1) is 0 Å². The van der Waals surface area contributed by atoms with Crippen molar-refractivity contribution in [2.45, 2.75) is 13.3 Å². The number of carbonyl (C=O) groups is 1. The predicted octanol–water partition coefficient (Wildman–Crippen LogP) is 4.45. The molecule has 0 spiro atoms. The van der Waals surface area contributed by atoms with Crippen molar-refractivity contribution in [3.63, 3.8) is 0 Å². The van der Waals surface area contributed by atoms with Crippen LogP contribution in [0.4, 0.5) is 0 Å². The van der Waals surface area contributed by atoms with Crippen LogP contribution in [0.25, 0.3) is 10.8 Å². The summed E-state index contributed by atoms with van der Waals surface area (Å²) in [5.41, 5.74) is 3.44. The Bertz CT molecular complexity index is 857. The molecule has 122 valence electrons. The van der Waals surface area contributed by atoms with Gasteiger partial charge in [-0.2, -0.15) is 5.10 Å². The molecule has 3 rings (SSSR count). The summed E-state index contributed by atoms with van der Waals surface area (Å²) in [5, 5.41) is 8.13. The molecule has 0 saturated heterocycles. The number of rotatable bonds is 6. The van der Waals surface area contributed by atoms with Gasteiger partial charge >= 0.3 is 0 Å². The number of nitrogens with zero attached hydrogens (tertiary/aromatic N) is 1. The van der Waals surface area contributed by atoms with Crippen LogP contribution in [-0.2, 0) is 0 Å². The zero-order chi connectivity index (χ0) is 16.8. The van der Waals surface area contributed by atoms with E-state index in [1.165, 1.54) is 11.3 Å². The van der Waals surface area contributed by atoms with Crippen molar-refractivity contribution < 1.29 is 9.53 Å². The van der Waals surface area contributed by atoms with E-state index in [1.54, 1.807) is 12.3 Å². The van der Waals surface area contributed by atoms with Crippen molar-refractivity contribution in [1.29, 1.82) is 0 Å². The molecule has 5 heteroatoms. The lowest BCUT2D eigenvalue weighted by Crippen LogP contribution is -2.16. The largest absolute Gasteiger partial charge is 0.493 e. The number of ether oxygens (including phenoxy) is 1. The number of carbonyl (C=O) groups excluding carboxylic acids is 1. The molecule has 1 amide bonds. The fourth-order valence-corrected chi connectivity index (χ4v) is 2.98. The first-order valence-electron chi connectivity index (χ1n) is 7.81. The minimum Gasteiger partial charge on any atom is -0.493 e. The third-order valence-corrected chi connectivity index (χ3v) is 4.37. The highest BCUT2D eigenvalue weighted by Crippen LogP contribution is 2.26. The lowest BCUT2D eigenvalue weighted by Gasteiger charge is -2.11. The van der Waals surface area contributed by atoms with E-state index in [1.807, 2.05) is 47.8 Å². The zero-order valence-electron chi connectivity index (χ0n) is 13.4. The molecule has 0 aliphatic carbocycles. The van der Waals surface area contributed by atoms with E-state index < -0.39 is 0 Å². The first-order chi connectivity index (χ1) is 11.8. The summed E-state index contributed by atoms with van der Waals surface area (Å²) in [4.78, 5) is 12.6. The first-order valence-corrected chi connectivity index (χ1v) is 8.69. The molecule has 0 bridgehead atoms. The van der Waals surface area contributed by atoms with E-state index in [0.717, 1.165) is 28.5 Å². The fourth-order valence-electron chi connectivity index (χ4n) is 2.36. The molecular formula is C19H18N2O2S. The Hall–Kier alpha value is -2.66. The highest BCUT2D eigenvalue weighted by molar-refractivity contribution is 7.12. The number of amides is 1. The van der Waals surface area contributed by atoms with Gasteiger partial charge in [0.05, 0.1) is 17.7 Å². The van der Waals surface area contributed by atoms with Crippen molar-refractivity contribution in [2.75, 3.05) is 6.61 Å². The third kappa shape index (κ3) is 3.63. The molecule has 3 aromatic rings. The SMILES string of the molecule is CCCOc1ccc2ccccc2c1/C=N\NC(=O)c1cccs1. The highest BCUT2D eigenvalue weighted by Gasteiger charge is 2.08. The van der Waals surface area contributed by atoms with Crippen LogP contribution in [0.3, 0.4) is 0 Å². The summed E-state index contributed by atoms with van der Waals surface area (Å²) in [6.45, 7) is 2.71. The number of thiophene rings is 1. The number of benzene rings is 2. The van der Waals surface area contributed by atoms with Crippen LogP contribution in [0.5, 0.6) is 5.75 Å². The minimum absolute atomic E-state index is 0.211. The maximum Gasteiger partial charge on any atom is 0.281 e. The molecule has 0 aliphatic rings.